The van der Waals surface area contributed by atoms with E-state index in [0.717, 1.165) is 66.6 Å². The third-order valence-corrected chi connectivity index (χ3v) is 11.2. The molecule has 2 heterocycles. The second kappa shape index (κ2) is 21.4. The van der Waals surface area contributed by atoms with Crippen LogP contribution < -0.4 is 21.3 Å². The average molecular weight is 864 g/mol. The molecule has 7 N–H and O–H groups in total. The second-order valence-electron chi connectivity index (χ2n) is 15.9. The Hall–Kier alpha value is -6.37. The number of carbonyl (C=O) groups excluding carboxylic acids is 3. The number of amides is 4. The number of aryl methyl sites for hydroxylation is 1. The van der Waals surface area contributed by atoms with Crippen LogP contribution in [-0.2, 0) is 20.8 Å². The molecule has 4 aromatic rings. The van der Waals surface area contributed by atoms with Crippen LogP contribution >= 0.6 is 0 Å². The lowest BCUT2D eigenvalue weighted by Crippen LogP contribution is -2.48. The standard InChI is InChI=1S/C41H51N9O5.C2HF3O2/c1-25(2)50-20-18-34(19-21-50)43-39(52)32-14-17-35(26(3)22-32)29-8-4-27(5-9-29)23-36(45-38(51)31-10-6-28(7-11-31)24-42-41(54)55)40(53)44-33-15-12-30(13-16-33)37-46-48-49-47-37;3-2(4,5)1(6)7/h4-5,8-9,12-17,22,25,28,31,34,36,42H,6-7,10-11,18-21,23-24H2,1-3H3,(H,43,52)(H,44,53)(H,45,51)(H,54,55)(H,46,47,48,49);(H,6,7)/t28-,31-,36-;/m0./s1. The van der Waals surface area contributed by atoms with E-state index >= 15 is 0 Å². The highest BCUT2D eigenvalue weighted by atomic mass is 19.4. The SMILES string of the molecule is Cc1cc(C(=O)NC2CCN(C(C)C)CC2)ccc1-c1ccc(C[C@H](NC(=O)[C@H]2CC[C@H](CNC(=O)O)CC2)C(=O)Nc2ccc(-c3nn[nH]n3)cc2)cc1.O=C(O)C(F)(F)F. The first-order chi connectivity index (χ1) is 29.5. The second-order valence-corrected chi connectivity index (χ2v) is 15.9. The van der Waals surface area contributed by atoms with E-state index in [0.29, 0.717) is 42.5 Å². The molecule has 0 radical (unpaired) electrons. The van der Waals surface area contributed by atoms with Gasteiger partial charge >= 0.3 is 18.2 Å². The molecule has 332 valence electrons. The van der Waals surface area contributed by atoms with Crippen molar-refractivity contribution in [1.29, 1.82) is 0 Å². The molecule has 2 aliphatic rings. The Balaban J connectivity index is 0.000000955. The molecule has 62 heavy (non-hydrogen) atoms. The molecule has 1 saturated heterocycles. The lowest BCUT2D eigenvalue weighted by atomic mass is 9.81. The summed E-state index contributed by atoms with van der Waals surface area (Å²) in [5, 5.41) is 41.7. The quantitative estimate of drug-likeness (QED) is 0.0847. The van der Waals surface area contributed by atoms with Crippen molar-refractivity contribution in [2.24, 2.45) is 11.8 Å². The topological polar surface area (TPSA) is 232 Å². The number of benzene rings is 3. The first-order valence-electron chi connectivity index (χ1n) is 20.4. The lowest BCUT2D eigenvalue weighted by molar-refractivity contribution is -0.192. The predicted octanol–water partition coefficient (Wildman–Crippen LogP) is 5.82. The summed E-state index contributed by atoms with van der Waals surface area (Å²) >= 11 is 0. The molecule has 19 heteroatoms. The number of aliphatic carboxylic acids is 1. The fraction of sp³-hybridized carbons (Fsp3) is 0.442. The highest BCUT2D eigenvalue weighted by molar-refractivity contribution is 5.98. The van der Waals surface area contributed by atoms with Crippen LogP contribution in [0.15, 0.2) is 66.7 Å². The van der Waals surface area contributed by atoms with Crippen LogP contribution in [0, 0.1) is 18.8 Å². The Morgan fingerprint density at radius 3 is 2.05 bits per heavy atom. The number of likely N-dealkylation sites (tertiary alicyclic amines) is 1. The number of carbonyl (C=O) groups is 5. The Bertz CT molecular complexity index is 2130. The zero-order valence-corrected chi connectivity index (χ0v) is 34.7. The minimum absolute atomic E-state index is 0.0504. The minimum atomic E-state index is -5.08. The normalized spacial score (nSPS) is 17.5. The highest BCUT2D eigenvalue weighted by Crippen LogP contribution is 2.30. The molecule has 1 aliphatic carbocycles. The number of aromatic amines is 1. The van der Waals surface area contributed by atoms with Crippen LogP contribution in [0.2, 0.25) is 0 Å². The van der Waals surface area contributed by atoms with Gasteiger partial charge in [-0.3, -0.25) is 14.4 Å². The van der Waals surface area contributed by atoms with Gasteiger partial charge in [-0.05, 0) is 129 Å². The van der Waals surface area contributed by atoms with Gasteiger partial charge in [0.2, 0.25) is 17.6 Å². The number of hydrogen-bond acceptors (Lipinski definition) is 9. The van der Waals surface area contributed by atoms with E-state index in [2.05, 4.69) is 60.6 Å². The van der Waals surface area contributed by atoms with E-state index in [1.807, 2.05) is 49.4 Å². The smallest absolute Gasteiger partial charge is 0.475 e. The van der Waals surface area contributed by atoms with Crippen LogP contribution in [0.5, 0.6) is 0 Å². The molecule has 0 spiro atoms. The van der Waals surface area contributed by atoms with E-state index in [-0.39, 0.29) is 42.0 Å². The predicted molar refractivity (Wildman–Crippen MR) is 223 cm³/mol. The first-order valence-corrected chi connectivity index (χ1v) is 20.4. The number of hydrogen-bond donors (Lipinski definition) is 7. The fourth-order valence-electron chi connectivity index (χ4n) is 7.59. The number of rotatable bonds is 13. The number of aromatic nitrogens is 4. The van der Waals surface area contributed by atoms with Gasteiger partial charge in [0.05, 0.1) is 0 Å². The van der Waals surface area contributed by atoms with Crippen molar-refractivity contribution in [2.75, 3.05) is 25.0 Å². The van der Waals surface area contributed by atoms with Gasteiger partial charge in [0.25, 0.3) is 5.91 Å². The fourth-order valence-corrected chi connectivity index (χ4v) is 7.59. The number of tetrazole rings is 1. The van der Waals surface area contributed by atoms with E-state index in [1.165, 1.54) is 0 Å². The van der Waals surface area contributed by atoms with Gasteiger partial charge in [-0.25, -0.2) is 9.59 Å². The van der Waals surface area contributed by atoms with Crippen molar-refractivity contribution in [1.82, 2.24) is 41.5 Å². The largest absolute Gasteiger partial charge is 0.490 e. The Labute approximate surface area is 356 Å². The summed E-state index contributed by atoms with van der Waals surface area (Å²) in [5.41, 5.74) is 5.78. The maximum atomic E-state index is 13.8. The van der Waals surface area contributed by atoms with Gasteiger partial charge in [-0.15, -0.1) is 10.2 Å². The number of alkyl halides is 3. The summed E-state index contributed by atoms with van der Waals surface area (Å²) in [7, 11) is 0. The molecule has 6 rings (SSSR count). The number of halogens is 3. The molecule has 1 aliphatic heterocycles. The van der Waals surface area contributed by atoms with E-state index < -0.39 is 24.3 Å². The van der Waals surface area contributed by atoms with Crippen molar-refractivity contribution < 1.29 is 47.4 Å². The number of carboxylic acids is 1. The number of nitrogens with one attached hydrogen (secondary N) is 5. The zero-order valence-electron chi connectivity index (χ0n) is 34.7. The molecule has 1 saturated carbocycles. The van der Waals surface area contributed by atoms with E-state index in [9.17, 15) is 32.3 Å². The molecular formula is C43H52F3N9O7. The minimum Gasteiger partial charge on any atom is -0.475 e. The van der Waals surface area contributed by atoms with Gasteiger partial charge in [0.15, 0.2) is 0 Å². The number of anilines is 1. The van der Waals surface area contributed by atoms with Crippen molar-refractivity contribution in [2.45, 2.75) is 90.0 Å². The van der Waals surface area contributed by atoms with Crippen LogP contribution in [0.25, 0.3) is 22.5 Å². The molecule has 0 unspecified atom stereocenters. The van der Waals surface area contributed by atoms with Crippen LogP contribution in [0.4, 0.5) is 23.7 Å². The van der Waals surface area contributed by atoms with Gasteiger partial charge in [0.1, 0.15) is 6.04 Å². The van der Waals surface area contributed by atoms with E-state index in [1.54, 1.807) is 24.3 Å². The number of nitrogens with zero attached hydrogens (tertiary/aromatic N) is 4. The maximum Gasteiger partial charge on any atom is 0.490 e. The third-order valence-electron chi connectivity index (χ3n) is 11.2. The zero-order chi connectivity index (χ0) is 45.0. The summed E-state index contributed by atoms with van der Waals surface area (Å²) in [6, 6.07) is 20.6. The highest BCUT2D eigenvalue weighted by Gasteiger charge is 2.38. The molecule has 3 aromatic carbocycles. The number of H-pyrrole nitrogens is 1. The van der Waals surface area contributed by atoms with Gasteiger partial charge < -0.3 is 36.4 Å². The molecule has 1 aromatic heterocycles. The molecule has 0 bridgehead atoms. The van der Waals surface area contributed by atoms with Crippen molar-refractivity contribution in [3.8, 4) is 22.5 Å². The molecule has 1 atom stereocenters. The summed E-state index contributed by atoms with van der Waals surface area (Å²) in [6.07, 6.45) is -1.27. The molecule has 2 fully saturated rings. The molecule has 16 nitrogen and oxygen atoms in total. The Morgan fingerprint density at radius 2 is 1.50 bits per heavy atom. The van der Waals surface area contributed by atoms with Crippen LogP contribution in [0.3, 0.4) is 0 Å². The summed E-state index contributed by atoms with van der Waals surface area (Å²) < 4.78 is 31.7. The number of piperidine rings is 1. The maximum absolute atomic E-state index is 13.8. The summed E-state index contributed by atoms with van der Waals surface area (Å²) in [6.45, 7) is 8.76. The molecule has 4 amide bonds. The van der Waals surface area contributed by atoms with Crippen LogP contribution in [0.1, 0.15) is 73.9 Å². The third kappa shape index (κ3) is 13.6. The van der Waals surface area contributed by atoms with Gasteiger partial charge in [0, 0.05) is 60.9 Å². The van der Waals surface area contributed by atoms with Crippen LogP contribution in [-0.4, -0.2) is 109 Å². The monoisotopic (exact) mass is 863 g/mol. The summed E-state index contributed by atoms with van der Waals surface area (Å²) in [4.78, 5) is 62.7. The Morgan fingerprint density at radius 1 is 0.871 bits per heavy atom. The average Bonchev–Trinajstić information content (AvgIpc) is 3.79. The summed E-state index contributed by atoms with van der Waals surface area (Å²) in [5.74, 6) is -2.99. The number of carboxylic acid groups (broad SMARTS) is 2. The molecular weight excluding hydrogens is 812 g/mol. The van der Waals surface area contributed by atoms with Gasteiger partial charge in [-0.2, -0.15) is 18.4 Å². The van der Waals surface area contributed by atoms with Crippen molar-refractivity contribution >= 4 is 35.5 Å². The van der Waals surface area contributed by atoms with Gasteiger partial charge in [-0.1, -0.05) is 30.3 Å². The lowest BCUT2D eigenvalue weighted by Gasteiger charge is -2.34. The van der Waals surface area contributed by atoms with Crippen molar-refractivity contribution in [3.05, 3.63) is 83.4 Å². The van der Waals surface area contributed by atoms with Crippen molar-refractivity contribution in [3.63, 3.8) is 0 Å². The van der Waals surface area contributed by atoms with E-state index in [4.69, 9.17) is 15.0 Å². The first kappa shape index (κ1) is 46.7. The Kier molecular flexibility index (Phi) is 16.1.